The molecule has 0 saturated carbocycles. The third-order valence-electron chi connectivity index (χ3n) is 3.31. The van der Waals surface area contributed by atoms with E-state index in [-0.39, 0.29) is 5.54 Å². The van der Waals surface area contributed by atoms with E-state index in [4.69, 9.17) is 5.73 Å². The van der Waals surface area contributed by atoms with Gasteiger partial charge in [-0.3, -0.25) is 0 Å². The third-order valence-corrected chi connectivity index (χ3v) is 3.31. The minimum atomic E-state index is -0.303. The molecule has 0 radical (unpaired) electrons. The number of hydrogen-bond acceptors (Lipinski definition) is 4. The van der Waals surface area contributed by atoms with Crippen LogP contribution in [0.1, 0.15) is 25.1 Å². The summed E-state index contributed by atoms with van der Waals surface area (Å²) in [5.41, 5.74) is 8.80. The highest BCUT2D eigenvalue weighted by Crippen LogP contribution is 2.18. The zero-order chi connectivity index (χ0) is 14.9. The Hall–Kier alpha value is -2.27. The van der Waals surface area contributed by atoms with Gasteiger partial charge in [-0.2, -0.15) is 5.10 Å². The van der Waals surface area contributed by atoms with Crippen LogP contribution in [0.15, 0.2) is 42.9 Å². The zero-order valence-corrected chi connectivity index (χ0v) is 12.3. The lowest BCUT2D eigenvalue weighted by atomic mass is 9.99. The molecule has 2 aromatic heterocycles. The second-order valence-electron chi connectivity index (χ2n) is 6.01. The minimum absolute atomic E-state index is 0.303. The standard InChI is InChI=1S/C16H19N5/c1-16(2,17)8-14-13-9-20-21(15(13)19-11-18-14)10-12-6-4-3-5-7-12/h3-7,9,11H,8,10,17H2,1-2H3. The van der Waals surface area contributed by atoms with E-state index in [1.165, 1.54) is 5.56 Å². The number of hydrogen-bond donors (Lipinski definition) is 1. The van der Waals surface area contributed by atoms with Crippen LogP contribution in [-0.4, -0.2) is 25.3 Å². The van der Waals surface area contributed by atoms with Crippen molar-refractivity contribution >= 4 is 11.0 Å². The first kappa shape index (κ1) is 13.7. The monoisotopic (exact) mass is 281 g/mol. The molecule has 0 aliphatic carbocycles. The molecular weight excluding hydrogens is 262 g/mol. The van der Waals surface area contributed by atoms with Gasteiger partial charge in [0.1, 0.15) is 6.33 Å². The van der Waals surface area contributed by atoms with Gasteiger partial charge in [0.25, 0.3) is 0 Å². The second kappa shape index (κ2) is 5.26. The Kier molecular flexibility index (Phi) is 3.43. The van der Waals surface area contributed by atoms with Crippen LogP contribution < -0.4 is 5.73 Å². The smallest absolute Gasteiger partial charge is 0.161 e. The van der Waals surface area contributed by atoms with Crippen molar-refractivity contribution in [3.05, 3.63) is 54.1 Å². The quantitative estimate of drug-likeness (QED) is 0.795. The topological polar surface area (TPSA) is 69.6 Å². The molecule has 0 amide bonds. The molecule has 108 valence electrons. The van der Waals surface area contributed by atoms with Crippen molar-refractivity contribution in [1.82, 2.24) is 19.7 Å². The number of benzene rings is 1. The Labute approximate surface area is 123 Å². The van der Waals surface area contributed by atoms with Crippen molar-refractivity contribution in [1.29, 1.82) is 0 Å². The van der Waals surface area contributed by atoms with E-state index in [1.54, 1.807) is 6.33 Å². The molecule has 0 unspecified atom stereocenters. The van der Waals surface area contributed by atoms with Gasteiger partial charge in [-0.1, -0.05) is 30.3 Å². The van der Waals surface area contributed by atoms with E-state index in [9.17, 15) is 0 Å². The zero-order valence-electron chi connectivity index (χ0n) is 12.3. The van der Waals surface area contributed by atoms with Gasteiger partial charge in [0.2, 0.25) is 0 Å². The van der Waals surface area contributed by atoms with Crippen molar-refractivity contribution in [3.63, 3.8) is 0 Å². The molecule has 0 bridgehead atoms. The second-order valence-corrected chi connectivity index (χ2v) is 6.01. The van der Waals surface area contributed by atoms with Gasteiger partial charge in [0.05, 0.1) is 23.8 Å². The van der Waals surface area contributed by atoms with Gasteiger partial charge in [-0.25, -0.2) is 14.6 Å². The molecule has 3 rings (SSSR count). The van der Waals surface area contributed by atoms with Crippen LogP contribution in [-0.2, 0) is 13.0 Å². The van der Waals surface area contributed by atoms with Crippen molar-refractivity contribution in [2.24, 2.45) is 5.73 Å². The number of nitrogens with two attached hydrogens (primary N) is 1. The lowest BCUT2D eigenvalue weighted by Gasteiger charge is -2.17. The fraction of sp³-hybridized carbons (Fsp3) is 0.312. The predicted molar refractivity (Wildman–Crippen MR) is 82.8 cm³/mol. The molecular formula is C16H19N5. The highest BCUT2D eigenvalue weighted by Gasteiger charge is 2.17. The van der Waals surface area contributed by atoms with Gasteiger partial charge >= 0.3 is 0 Å². The van der Waals surface area contributed by atoms with Crippen LogP contribution in [0, 0.1) is 0 Å². The van der Waals surface area contributed by atoms with Crippen molar-refractivity contribution < 1.29 is 0 Å². The van der Waals surface area contributed by atoms with Crippen LogP contribution in [0.25, 0.3) is 11.0 Å². The first-order chi connectivity index (χ1) is 10.0. The first-order valence-corrected chi connectivity index (χ1v) is 7.01. The fourth-order valence-electron chi connectivity index (χ4n) is 2.39. The first-order valence-electron chi connectivity index (χ1n) is 7.01. The molecule has 0 aliphatic heterocycles. The van der Waals surface area contributed by atoms with E-state index in [0.29, 0.717) is 13.0 Å². The Bertz CT molecular complexity index is 740. The molecule has 3 aromatic rings. The Morgan fingerprint density at radius 1 is 1.14 bits per heavy atom. The number of nitrogens with zero attached hydrogens (tertiary/aromatic N) is 4. The number of fused-ring (bicyclic) bond motifs is 1. The average Bonchev–Trinajstić information content (AvgIpc) is 2.83. The van der Waals surface area contributed by atoms with E-state index >= 15 is 0 Å². The Balaban J connectivity index is 1.97. The van der Waals surface area contributed by atoms with Gasteiger partial charge in [0, 0.05) is 12.0 Å². The number of aromatic nitrogens is 4. The van der Waals surface area contributed by atoms with Crippen LogP contribution in [0.3, 0.4) is 0 Å². The summed E-state index contributed by atoms with van der Waals surface area (Å²) in [6, 6.07) is 10.2. The molecule has 5 heteroatoms. The van der Waals surface area contributed by atoms with E-state index in [1.807, 2.05) is 42.9 Å². The van der Waals surface area contributed by atoms with Gasteiger partial charge in [-0.05, 0) is 19.4 Å². The Morgan fingerprint density at radius 3 is 2.62 bits per heavy atom. The summed E-state index contributed by atoms with van der Waals surface area (Å²) in [4.78, 5) is 8.74. The van der Waals surface area contributed by atoms with Gasteiger partial charge < -0.3 is 5.73 Å². The maximum atomic E-state index is 6.10. The van der Waals surface area contributed by atoms with Crippen LogP contribution in [0.4, 0.5) is 0 Å². The molecule has 0 fully saturated rings. The summed E-state index contributed by atoms with van der Waals surface area (Å²) in [6.07, 6.45) is 4.12. The van der Waals surface area contributed by atoms with E-state index in [2.05, 4.69) is 27.2 Å². The van der Waals surface area contributed by atoms with Gasteiger partial charge in [-0.15, -0.1) is 0 Å². The molecule has 21 heavy (non-hydrogen) atoms. The maximum absolute atomic E-state index is 6.10. The molecule has 0 spiro atoms. The largest absolute Gasteiger partial charge is 0.325 e. The third kappa shape index (κ3) is 3.08. The summed E-state index contributed by atoms with van der Waals surface area (Å²) < 4.78 is 1.90. The molecule has 0 aliphatic rings. The van der Waals surface area contributed by atoms with Crippen LogP contribution in [0.2, 0.25) is 0 Å². The molecule has 1 aromatic carbocycles. The molecule has 2 heterocycles. The SMILES string of the molecule is CC(C)(N)Cc1ncnc2c1cnn2Cc1ccccc1. The minimum Gasteiger partial charge on any atom is -0.325 e. The molecule has 0 saturated heterocycles. The van der Waals surface area contributed by atoms with Crippen molar-refractivity contribution in [2.75, 3.05) is 0 Å². The summed E-state index contributed by atoms with van der Waals surface area (Å²) in [5, 5.41) is 5.43. The summed E-state index contributed by atoms with van der Waals surface area (Å²) in [7, 11) is 0. The molecule has 5 nitrogen and oxygen atoms in total. The lowest BCUT2D eigenvalue weighted by molar-refractivity contribution is 0.512. The highest BCUT2D eigenvalue weighted by atomic mass is 15.3. The normalized spacial score (nSPS) is 12.0. The summed E-state index contributed by atoms with van der Waals surface area (Å²) in [6.45, 7) is 4.69. The maximum Gasteiger partial charge on any atom is 0.161 e. The molecule has 2 N–H and O–H groups in total. The van der Waals surface area contributed by atoms with Gasteiger partial charge in [0.15, 0.2) is 5.65 Å². The molecule has 0 atom stereocenters. The summed E-state index contributed by atoms with van der Waals surface area (Å²) >= 11 is 0. The lowest BCUT2D eigenvalue weighted by Crippen LogP contribution is -2.34. The summed E-state index contributed by atoms with van der Waals surface area (Å²) in [5.74, 6) is 0. The fourth-order valence-corrected chi connectivity index (χ4v) is 2.39. The van der Waals surface area contributed by atoms with E-state index in [0.717, 1.165) is 16.7 Å². The highest BCUT2D eigenvalue weighted by molar-refractivity contribution is 5.77. The van der Waals surface area contributed by atoms with Crippen LogP contribution >= 0.6 is 0 Å². The van der Waals surface area contributed by atoms with Crippen LogP contribution in [0.5, 0.6) is 0 Å². The average molecular weight is 281 g/mol. The van der Waals surface area contributed by atoms with Crippen molar-refractivity contribution in [3.8, 4) is 0 Å². The van der Waals surface area contributed by atoms with Crippen molar-refractivity contribution in [2.45, 2.75) is 32.4 Å². The number of rotatable bonds is 4. The van der Waals surface area contributed by atoms with E-state index < -0.39 is 0 Å². The predicted octanol–water partition coefficient (Wildman–Crippen LogP) is 2.15. The Morgan fingerprint density at radius 2 is 1.90 bits per heavy atom.